The van der Waals surface area contributed by atoms with Gasteiger partial charge in [0, 0.05) is 11.6 Å². The molecule has 0 saturated carbocycles. The second-order valence-corrected chi connectivity index (χ2v) is 8.66. The van der Waals surface area contributed by atoms with Crippen LogP contribution in [0.2, 0.25) is 5.02 Å². The molecule has 0 amide bonds. The van der Waals surface area contributed by atoms with Gasteiger partial charge in [-0.3, -0.25) is 4.79 Å². The van der Waals surface area contributed by atoms with Crippen LogP contribution in [0.15, 0.2) is 95.8 Å². The predicted molar refractivity (Wildman–Crippen MR) is 135 cm³/mol. The Bertz CT molecular complexity index is 1600. The summed E-state index contributed by atoms with van der Waals surface area (Å²) in [5.41, 5.74) is 2.07. The molecule has 5 rings (SSSR count). The Morgan fingerprint density at radius 2 is 1.57 bits per heavy atom. The van der Waals surface area contributed by atoms with Gasteiger partial charge in [-0.25, -0.2) is 8.78 Å². The standard InChI is InChI=1S/C29H20ClF2NO2/c1-18-7-14-25(30)28-24(18)16-27(33(29(28)34)17-20-8-11-21(31)15-26(20)32)19-9-12-23(13-10-19)35-22-5-3-2-4-6-22/h2-16H,17H2,1H3. The second-order valence-electron chi connectivity index (χ2n) is 8.25. The molecule has 174 valence electrons. The third kappa shape index (κ3) is 4.55. The van der Waals surface area contributed by atoms with Crippen molar-refractivity contribution in [1.29, 1.82) is 0 Å². The molecule has 0 spiro atoms. The van der Waals surface area contributed by atoms with Crippen molar-refractivity contribution in [1.82, 2.24) is 4.57 Å². The van der Waals surface area contributed by atoms with Gasteiger partial charge in [-0.1, -0.05) is 41.9 Å². The van der Waals surface area contributed by atoms with E-state index in [1.807, 2.05) is 73.7 Å². The molecule has 3 nitrogen and oxygen atoms in total. The summed E-state index contributed by atoms with van der Waals surface area (Å²) in [5, 5.41) is 1.40. The van der Waals surface area contributed by atoms with Crippen molar-refractivity contribution >= 4 is 22.4 Å². The minimum Gasteiger partial charge on any atom is -0.457 e. The van der Waals surface area contributed by atoms with E-state index in [0.29, 0.717) is 27.6 Å². The Kier molecular flexibility index (Phi) is 6.10. The lowest BCUT2D eigenvalue weighted by Gasteiger charge is -2.17. The van der Waals surface area contributed by atoms with Crippen LogP contribution in [0.25, 0.3) is 22.0 Å². The molecule has 1 aromatic heterocycles. The molecule has 0 aliphatic heterocycles. The number of rotatable bonds is 5. The minimum absolute atomic E-state index is 0.0806. The number of benzene rings is 4. The SMILES string of the molecule is Cc1ccc(Cl)c2c(=O)n(Cc3ccc(F)cc3F)c(-c3ccc(Oc4ccccc4)cc3)cc12. The summed E-state index contributed by atoms with van der Waals surface area (Å²) in [6, 6.07) is 25.5. The molecule has 0 bridgehead atoms. The van der Waals surface area contributed by atoms with Crippen LogP contribution in [-0.4, -0.2) is 4.57 Å². The van der Waals surface area contributed by atoms with Gasteiger partial charge in [0.15, 0.2) is 0 Å². The smallest absolute Gasteiger partial charge is 0.260 e. The third-order valence-electron chi connectivity index (χ3n) is 5.92. The van der Waals surface area contributed by atoms with E-state index in [-0.39, 0.29) is 17.7 Å². The number of ether oxygens (including phenoxy) is 1. The van der Waals surface area contributed by atoms with Crippen molar-refractivity contribution in [2.45, 2.75) is 13.5 Å². The molecule has 0 aliphatic carbocycles. The molecule has 1 heterocycles. The molecule has 0 atom stereocenters. The van der Waals surface area contributed by atoms with Crippen molar-refractivity contribution in [3.05, 3.63) is 129 Å². The van der Waals surface area contributed by atoms with E-state index in [1.54, 1.807) is 6.07 Å². The zero-order valence-electron chi connectivity index (χ0n) is 18.8. The first kappa shape index (κ1) is 22.8. The second kappa shape index (κ2) is 9.35. The lowest BCUT2D eigenvalue weighted by Crippen LogP contribution is -2.23. The van der Waals surface area contributed by atoms with Crippen molar-refractivity contribution in [2.75, 3.05) is 0 Å². The number of aryl methyl sites for hydroxylation is 1. The van der Waals surface area contributed by atoms with E-state index in [2.05, 4.69) is 0 Å². The van der Waals surface area contributed by atoms with Crippen molar-refractivity contribution < 1.29 is 13.5 Å². The number of pyridine rings is 1. The fraction of sp³-hybridized carbons (Fsp3) is 0.0690. The quantitative estimate of drug-likeness (QED) is 0.254. The summed E-state index contributed by atoms with van der Waals surface area (Å²) in [7, 11) is 0. The van der Waals surface area contributed by atoms with E-state index in [0.717, 1.165) is 22.6 Å². The van der Waals surface area contributed by atoms with Gasteiger partial charge >= 0.3 is 0 Å². The maximum atomic E-state index is 14.5. The molecule has 0 unspecified atom stereocenters. The van der Waals surface area contributed by atoms with Gasteiger partial charge in [0.25, 0.3) is 5.56 Å². The summed E-state index contributed by atoms with van der Waals surface area (Å²) >= 11 is 6.40. The number of para-hydroxylation sites is 1. The Morgan fingerprint density at radius 1 is 0.857 bits per heavy atom. The molecule has 5 aromatic rings. The van der Waals surface area contributed by atoms with Crippen LogP contribution in [0.1, 0.15) is 11.1 Å². The summed E-state index contributed by atoms with van der Waals surface area (Å²) in [5.74, 6) is -0.0479. The largest absolute Gasteiger partial charge is 0.457 e. The van der Waals surface area contributed by atoms with Gasteiger partial charge in [-0.15, -0.1) is 0 Å². The minimum atomic E-state index is -0.718. The Balaban J connectivity index is 1.65. The van der Waals surface area contributed by atoms with Crippen molar-refractivity contribution in [3.63, 3.8) is 0 Å². The van der Waals surface area contributed by atoms with E-state index < -0.39 is 11.6 Å². The fourth-order valence-electron chi connectivity index (χ4n) is 4.09. The zero-order valence-corrected chi connectivity index (χ0v) is 19.5. The molecule has 4 aromatic carbocycles. The summed E-state index contributed by atoms with van der Waals surface area (Å²) < 4.78 is 35.3. The van der Waals surface area contributed by atoms with Gasteiger partial charge in [0.05, 0.1) is 22.6 Å². The average Bonchev–Trinajstić information content (AvgIpc) is 2.85. The normalized spacial score (nSPS) is 11.1. The first-order valence-corrected chi connectivity index (χ1v) is 11.4. The Morgan fingerprint density at radius 3 is 2.29 bits per heavy atom. The van der Waals surface area contributed by atoms with Crippen LogP contribution >= 0.6 is 11.6 Å². The number of hydrogen-bond acceptors (Lipinski definition) is 2. The van der Waals surface area contributed by atoms with E-state index >= 15 is 0 Å². The van der Waals surface area contributed by atoms with Crippen LogP contribution in [-0.2, 0) is 6.54 Å². The van der Waals surface area contributed by atoms with E-state index in [9.17, 15) is 13.6 Å². The lowest BCUT2D eigenvalue weighted by atomic mass is 10.0. The monoisotopic (exact) mass is 487 g/mol. The highest BCUT2D eigenvalue weighted by Gasteiger charge is 2.17. The lowest BCUT2D eigenvalue weighted by molar-refractivity contribution is 0.483. The zero-order chi connectivity index (χ0) is 24.5. The predicted octanol–water partition coefficient (Wildman–Crippen LogP) is 7.75. The molecule has 0 radical (unpaired) electrons. The average molecular weight is 488 g/mol. The van der Waals surface area contributed by atoms with Gasteiger partial charge in [-0.2, -0.15) is 0 Å². The van der Waals surface area contributed by atoms with E-state index in [1.165, 1.54) is 16.7 Å². The first-order chi connectivity index (χ1) is 16.9. The molecule has 0 aliphatic rings. The number of halogens is 3. The highest BCUT2D eigenvalue weighted by atomic mass is 35.5. The van der Waals surface area contributed by atoms with Crippen LogP contribution in [0.4, 0.5) is 8.78 Å². The van der Waals surface area contributed by atoms with E-state index in [4.69, 9.17) is 16.3 Å². The molecular formula is C29H20ClF2NO2. The molecule has 0 saturated heterocycles. The van der Waals surface area contributed by atoms with Crippen LogP contribution in [0.5, 0.6) is 11.5 Å². The van der Waals surface area contributed by atoms with Crippen LogP contribution in [0, 0.1) is 18.6 Å². The van der Waals surface area contributed by atoms with Crippen LogP contribution < -0.4 is 10.3 Å². The number of aromatic nitrogens is 1. The molecule has 6 heteroatoms. The molecule has 0 N–H and O–H groups in total. The van der Waals surface area contributed by atoms with Gasteiger partial charge in [-0.05, 0) is 78.0 Å². The van der Waals surface area contributed by atoms with Gasteiger partial charge in [0.2, 0.25) is 0 Å². The topological polar surface area (TPSA) is 31.2 Å². The Hall–Kier alpha value is -3.96. The number of nitrogens with zero attached hydrogens (tertiary/aromatic N) is 1. The van der Waals surface area contributed by atoms with Crippen molar-refractivity contribution in [3.8, 4) is 22.8 Å². The summed E-state index contributed by atoms with van der Waals surface area (Å²) in [6.07, 6.45) is 0. The highest BCUT2D eigenvalue weighted by molar-refractivity contribution is 6.35. The number of fused-ring (bicyclic) bond motifs is 1. The summed E-state index contributed by atoms with van der Waals surface area (Å²) in [4.78, 5) is 13.6. The fourth-order valence-corrected chi connectivity index (χ4v) is 4.34. The maximum Gasteiger partial charge on any atom is 0.260 e. The molecule has 35 heavy (non-hydrogen) atoms. The van der Waals surface area contributed by atoms with Crippen molar-refractivity contribution in [2.24, 2.45) is 0 Å². The van der Waals surface area contributed by atoms with Gasteiger partial charge in [0.1, 0.15) is 23.1 Å². The number of hydrogen-bond donors (Lipinski definition) is 0. The van der Waals surface area contributed by atoms with Gasteiger partial charge < -0.3 is 9.30 Å². The maximum absolute atomic E-state index is 14.5. The summed E-state index contributed by atoms with van der Waals surface area (Å²) in [6.45, 7) is 1.82. The molecule has 0 fully saturated rings. The first-order valence-electron chi connectivity index (χ1n) is 11.0. The third-order valence-corrected chi connectivity index (χ3v) is 6.23. The molecular weight excluding hydrogens is 468 g/mol. The Labute approximate surface area is 205 Å². The highest BCUT2D eigenvalue weighted by Crippen LogP contribution is 2.31. The van der Waals surface area contributed by atoms with Crippen LogP contribution in [0.3, 0.4) is 0 Å².